The number of sulfonamides is 1. The summed E-state index contributed by atoms with van der Waals surface area (Å²) in [5.74, 6) is 0. The Balaban J connectivity index is 2.43. The van der Waals surface area contributed by atoms with Gasteiger partial charge in [0.1, 0.15) is 0 Å². The first-order valence-electron chi connectivity index (χ1n) is 6.30. The Bertz CT molecular complexity index is 711. The van der Waals surface area contributed by atoms with Gasteiger partial charge in [0.25, 0.3) is 10.0 Å². The number of nitrogens with two attached hydrogens (primary N) is 1. The van der Waals surface area contributed by atoms with Crippen LogP contribution in [-0.4, -0.2) is 15.5 Å². The number of hydrogen-bond acceptors (Lipinski definition) is 3. The van der Waals surface area contributed by atoms with Gasteiger partial charge in [-0.05, 0) is 42.3 Å². The lowest BCUT2D eigenvalue weighted by Gasteiger charge is -2.20. The minimum Gasteiger partial charge on any atom is -0.326 e. The van der Waals surface area contributed by atoms with E-state index in [0.717, 1.165) is 11.1 Å². The van der Waals surface area contributed by atoms with Gasteiger partial charge in [-0.25, -0.2) is 8.42 Å². The van der Waals surface area contributed by atoms with Crippen LogP contribution in [0.3, 0.4) is 0 Å². The number of anilines is 1. The van der Waals surface area contributed by atoms with Gasteiger partial charge in [-0.15, -0.1) is 0 Å². The smallest absolute Gasteiger partial charge is 0.264 e. The third kappa shape index (κ3) is 2.84. The average molecular weight is 290 g/mol. The van der Waals surface area contributed by atoms with Crippen molar-refractivity contribution in [3.8, 4) is 0 Å². The van der Waals surface area contributed by atoms with Gasteiger partial charge in [-0.2, -0.15) is 0 Å². The molecule has 0 radical (unpaired) electrons. The van der Waals surface area contributed by atoms with E-state index >= 15 is 0 Å². The lowest BCUT2D eigenvalue weighted by atomic mass is 10.2. The van der Waals surface area contributed by atoms with E-state index in [0.29, 0.717) is 12.2 Å². The molecule has 0 aliphatic heterocycles. The largest absolute Gasteiger partial charge is 0.326 e. The van der Waals surface area contributed by atoms with Crippen molar-refractivity contribution in [1.82, 2.24) is 0 Å². The first kappa shape index (κ1) is 14.6. The lowest BCUT2D eigenvalue weighted by Crippen LogP contribution is -2.26. The summed E-state index contributed by atoms with van der Waals surface area (Å²) in [6, 6.07) is 14.1. The average Bonchev–Trinajstić information content (AvgIpc) is 2.46. The fourth-order valence-electron chi connectivity index (χ4n) is 1.95. The maximum absolute atomic E-state index is 12.6. The van der Waals surface area contributed by atoms with E-state index in [2.05, 4.69) is 0 Å². The molecule has 106 valence electrons. The molecule has 0 saturated carbocycles. The molecule has 2 aromatic rings. The maximum atomic E-state index is 12.6. The molecular weight excluding hydrogens is 272 g/mol. The van der Waals surface area contributed by atoms with E-state index in [-0.39, 0.29) is 4.90 Å². The molecule has 2 aromatic carbocycles. The van der Waals surface area contributed by atoms with Crippen molar-refractivity contribution < 1.29 is 8.42 Å². The van der Waals surface area contributed by atoms with Crippen LogP contribution in [0.4, 0.5) is 5.69 Å². The molecular formula is C15H18N2O2S. The van der Waals surface area contributed by atoms with E-state index in [9.17, 15) is 8.42 Å². The number of hydrogen-bond donors (Lipinski definition) is 1. The van der Waals surface area contributed by atoms with Crippen molar-refractivity contribution in [2.24, 2.45) is 5.73 Å². The molecule has 0 spiro atoms. The fourth-order valence-corrected chi connectivity index (χ4v) is 3.24. The van der Waals surface area contributed by atoms with Crippen LogP contribution in [0, 0.1) is 6.92 Å². The molecule has 0 atom stereocenters. The molecule has 0 aliphatic carbocycles. The Morgan fingerprint density at radius 3 is 2.45 bits per heavy atom. The maximum Gasteiger partial charge on any atom is 0.264 e. The van der Waals surface area contributed by atoms with Gasteiger partial charge in [0.05, 0.1) is 10.6 Å². The van der Waals surface area contributed by atoms with Crippen molar-refractivity contribution >= 4 is 15.7 Å². The number of benzene rings is 2. The predicted molar refractivity (Wildman–Crippen MR) is 81.1 cm³/mol. The van der Waals surface area contributed by atoms with Gasteiger partial charge < -0.3 is 5.73 Å². The zero-order chi connectivity index (χ0) is 14.8. The highest BCUT2D eigenvalue weighted by Crippen LogP contribution is 2.23. The highest BCUT2D eigenvalue weighted by atomic mass is 32.2. The Hall–Kier alpha value is -1.85. The summed E-state index contributed by atoms with van der Waals surface area (Å²) < 4.78 is 26.4. The first-order chi connectivity index (χ1) is 9.45. The molecule has 2 N–H and O–H groups in total. The summed E-state index contributed by atoms with van der Waals surface area (Å²) in [4.78, 5) is 0.290. The van der Waals surface area contributed by atoms with Crippen LogP contribution in [0.15, 0.2) is 53.4 Å². The van der Waals surface area contributed by atoms with Crippen LogP contribution < -0.4 is 10.0 Å². The second-order valence-electron chi connectivity index (χ2n) is 4.66. The minimum atomic E-state index is -3.55. The minimum absolute atomic E-state index is 0.290. The summed E-state index contributed by atoms with van der Waals surface area (Å²) in [6.45, 7) is 2.25. The standard InChI is InChI=1S/C15H18N2O2S/c1-12-5-3-8-15(9-12)20(18,19)17(2)14-7-4-6-13(10-14)11-16/h3-10H,11,16H2,1-2H3. The Morgan fingerprint density at radius 2 is 1.80 bits per heavy atom. The van der Waals surface area contributed by atoms with E-state index in [1.54, 1.807) is 43.4 Å². The summed E-state index contributed by atoms with van der Waals surface area (Å²) in [5.41, 5.74) is 8.01. The highest BCUT2D eigenvalue weighted by Gasteiger charge is 2.21. The Labute approximate surface area is 119 Å². The van der Waals surface area contributed by atoms with Gasteiger partial charge in [0.15, 0.2) is 0 Å². The normalized spacial score (nSPS) is 11.3. The second kappa shape index (κ2) is 5.64. The molecule has 0 heterocycles. The molecule has 4 nitrogen and oxygen atoms in total. The third-order valence-corrected chi connectivity index (χ3v) is 4.94. The van der Waals surface area contributed by atoms with Gasteiger partial charge in [-0.3, -0.25) is 4.31 Å². The van der Waals surface area contributed by atoms with E-state index in [1.165, 1.54) is 4.31 Å². The fraction of sp³-hybridized carbons (Fsp3) is 0.200. The van der Waals surface area contributed by atoms with Crippen LogP contribution in [-0.2, 0) is 16.6 Å². The molecule has 0 amide bonds. The lowest BCUT2D eigenvalue weighted by molar-refractivity contribution is 0.594. The van der Waals surface area contributed by atoms with Crippen molar-refractivity contribution in [2.45, 2.75) is 18.4 Å². The predicted octanol–water partition coefficient (Wildman–Crippen LogP) is 2.28. The third-order valence-electron chi connectivity index (χ3n) is 3.16. The van der Waals surface area contributed by atoms with Gasteiger partial charge in [0.2, 0.25) is 0 Å². The van der Waals surface area contributed by atoms with E-state index in [4.69, 9.17) is 5.73 Å². The van der Waals surface area contributed by atoms with Crippen LogP contribution in [0.2, 0.25) is 0 Å². The molecule has 0 unspecified atom stereocenters. The molecule has 0 bridgehead atoms. The van der Waals surface area contributed by atoms with Crippen LogP contribution in [0.5, 0.6) is 0 Å². The summed E-state index contributed by atoms with van der Waals surface area (Å²) in [5, 5.41) is 0. The Morgan fingerprint density at radius 1 is 1.10 bits per heavy atom. The highest BCUT2D eigenvalue weighted by molar-refractivity contribution is 7.92. The monoisotopic (exact) mass is 290 g/mol. The van der Waals surface area contributed by atoms with Crippen molar-refractivity contribution in [2.75, 3.05) is 11.4 Å². The summed E-state index contributed by atoms with van der Waals surface area (Å²) >= 11 is 0. The Kier molecular flexibility index (Phi) is 4.11. The summed E-state index contributed by atoms with van der Waals surface area (Å²) in [7, 11) is -2.00. The SMILES string of the molecule is Cc1cccc(S(=O)(=O)N(C)c2cccc(CN)c2)c1. The second-order valence-corrected chi connectivity index (χ2v) is 6.63. The number of nitrogens with zero attached hydrogens (tertiary/aromatic N) is 1. The van der Waals surface area contributed by atoms with Crippen LogP contribution in [0.25, 0.3) is 0 Å². The molecule has 0 aromatic heterocycles. The summed E-state index contributed by atoms with van der Waals surface area (Å²) in [6.07, 6.45) is 0. The molecule has 0 fully saturated rings. The van der Waals surface area contributed by atoms with Crippen molar-refractivity contribution in [1.29, 1.82) is 0 Å². The van der Waals surface area contributed by atoms with Gasteiger partial charge in [-0.1, -0.05) is 24.3 Å². The number of aryl methyl sites for hydroxylation is 1. The number of rotatable bonds is 4. The van der Waals surface area contributed by atoms with Crippen LogP contribution in [0.1, 0.15) is 11.1 Å². The molecule has 5 heteroatoms. The van der Waals surface area contributed by atoms with E-state index in [1.807, 2.05) is 19.1 Å². The quantitative estimate of drug-likeness (QED) is 0.939. The molecule has 0 saturated heterocycles. The first-order valence-corrected chi connectivity index (χ1v) is 7.74. The van der Waals surface area contributed by atoms with Crippen molar-refractivity contribution in [3.63, 3.8) is 0 Å². The molecule has 2 rings (SSSR count). The zero-order valence-corrected chi connectivity index (χ0v) is 12.4. The van der Waals surface area contributed by atoms with E-state index < -0.39 is 10.0 Å². The van der Waals surface area contributed by atoms with Gasteiger partial charge >= 0.3 is 0 Å². The van der Waals surface area contributed by atoms with Crippen LogP contribution >= 0.6 is 0 Å². The zero-order valence-electron chi connectivity index (χ0n) is 11.6. The molecule has 20 heavy (non-hydrogen) atoms. The van der Waals surface area contributed by atoms with Gasteiger partial charge in [0, 0.05) is 13.6 Å². The molecule has 0 aliphatic rings. The van der Waals surface area contributed by atoms with Crippen molar-refractivity contribution in [3.05, 3.63) is 59.7 Å². The topological polar surface area (TPSA) is 63.4 Å².